The third kappa shape index (κ3) is 3.65. The molecule has 0 unspecified atom stereocenters. The Balaban J connectivity index is 1.54. The SMILES string of the molecule is CC(C)CCC[C@H](C)[C@@H]1CC[C@@H]2[C@@H]3C[C@H](O)[C@]4(C)C[C@H](O)CCC4=C3CC[C@]21C. The van der Waals surface area contributed by atoms with Gasteiger partial charge in [-0.3, -0.25) is 0 Å². The van der Waals surface area contributed by atoms with Crippen LogP contribution in [0.15, 0.2) is 11.1 Å². The largest absolute Gasteiger partial charge is 0.393 e. The van der Waals surface area contributed by atoms with E-state index in [1.807, 2.05) is 0 Å². The molecule has 3 saturated carbocycles. The van der Waals surface area contributed by atoms with Gasteiger partial charge in [0.1, 0.15) is 0 Å². The summed E-state index contributed by atoms with van der Waals surface area (Å²) < 4.78 is 0. The van der Waals surface area contributed by atoms with E-state index in [2.05, 4.69) is 34.6 Å². The van der Waals surface area contributed by atoms with Crippen molar-refractivity contribution in [3.8, 4) is 0 Å². The Kier molecular flexibility index (Phi) is 6.01. The van der Waals surface area contributed by atoms with Crippen LogP contribution in [0.2, 0.25) is 0 Å². The van der Waals surface area contributed by atoms with E-state index >= 15 is 0 Å². The predicted octanol–water partition coefficient (Wildman–Crippen LogP) is 6.50. The molecule has 8 atom stereocenters. The lowest BCUT2D eigenvalue weighted by Gasteiger charge is -2.55. The number of aliphatic hydroxyl groups excluding tert-OH is 2. The minimum atomic E-state index is -0.272. The Morgan fingerprint density at radius 2 is 1.76 bits per heavy atom. The van der Waals surface area contributed by atoms with Gasteiger partial charge in [0.25, 0.3) is 0 Å². The first kappa shape index (κ1) is 21.9. The van der Waals surface area contributed by atoms with Gasteiger partial charge >= 0.3 is 0 Å². The molecule has 4 rings (SSSR count). The smallest absolute Gasteiger partial charge is 0.0637 e. The number of hydrogen-bond donors (Lipinski definition) is 2. The van der Waals surface area contributed by atoms with Crippen LogP contribution in [0.4, 0.5) is 0 Å². The van der Waals surface area contributed by atoms with Crippen LogP contribution >= 0.6 is 0 Å². The zero-order valence-electron chi connectivity index (χ0n) is 19.7. The summed E-state index contributed by atoms with van der Waals surface area (Å²) in [6, 6.07) is 0. The molecule has 0 saturated heterocycles. The molecule has 4 aliphatic rings. The average Bonchev–Trinajstić information content (AvgIpc) is 2.99. The Morgan fingerprint density at radius 1 is 1.00 bits per heavy atom. The molecular formula is C27H46O2. The lowest BCUT2D eigenvalue weighted by atomic mass is 9.50. The third-order valence-corrected chi connectivity index (χ3v) is 10.2. The van der Waals surface area contributed by atoms with Gasteiger partial charge in [0.05, 0.1) is 12.2 Å². The summed E-state index contributed by atoms with van der Waals surface area (Å²) in [5, 5.41) is 21.5. The van der Waals surface area contributed by atoms with Crippen LogP contribution in [0.3, 0.4) is 0 Å². The minimum Gasteiger partial charge on any atom is -0.393 e. The maximum Gasteiger partial charge on any atom is 0.0637 e. The van der Waals surface area contributed by atoms with Gasteiger partial charge in [-0.1, -0.05) is 65.0 Å². The van der Waals surface area contributed by atoms with Crippen molar-refractivity contribution in [2.24, 2.45) is 40.4 Å². The zero-order chi connectivity index (χ0) is 21.0. The third-order valence-electron chi connectivity index (χ3n) is 10.2. The van der Waals surface area contributed by atoms with Crippen molar-refractivity contribution in [2.45, 2.75) is 117 Å². The van der Waals surface area contributed by atoms with Crippen LogP contribution in [-0.4, -0.2) is 22.4 Å². The van der Waals surface area contributed by atoms with Gasteiger partial charge in [0.15, 0.2) is 0 Å². The zero-order valence-corrected chi connectivity index (χ0v) is 19.7. The van der Waals surface area contributed by atoms with E-state index in [4.69, 9.17) is 0 Å². The van der Waals surface area contributed by atoms with Crippen molar-refractivity contribution in [1.82, 2.24) is 0 Å². The monoisotopic (exact) mass is 402 g/mol. The standard InChI is InChI=1S/C27H46O2/c1-17(2)7-6-8-18(3)22-11-12-24-21-15-25(29)27(5)16-19(28)9-10-23(27)20(21)13-14-26(22,24)4/h17-19,21-22,24-25,28-29H,6-16H2,1-5H3/t18-,19+,21+,22-,24+,25-,26-,27+/m0/s1. The lowest BCUT2D eigenvalue weighted by molar-refractivity contribution is -0.0455. The Labute approximate surface area is 179 Å². The molecule has 166 valence electrons. The molecule has 2 heteroatoms. The van der Waals surface area contributed by atoms with Crippen LogP contribution in [0.1, 0.15) is 105 Å². The Hall–Kier alpha value is -0.340. The average molecular weight is 403 g/mol. The Bertz CT molecular complexity index is 636. The molecule has 0 aromatic rings. The summed E-state index contributed by atoms with van der Waals surface area (Å²) in [6.07, 6.45) is 12.6. The number of aliphatic hydroxyl groups is 2. The van der Waals surface area contributed by atoms with Gasteiger partial charge in [-0.05, 0) is 86.4 Å². The molecule has 0 spiro atoms. The quantitative estimate of drug-likeness (QED) is 0.515. The molecule has 0 heterocycles. The van der Waals surface area contributed by atoms with Crippen molar-refractivity contribution in [3.05, 3.63) is 11.1 Å². The molecule has 4 aliphatic carbocycles. The van der Waals surface area contributed by atoms with Crippen LogP contribution in [0, 0.1) is 40.4 Å². The summed E-state index contributed by atoms with van der Waals surface area (Å²) in [6.45, 7) is 12.1. The molecule has 29 heavy (non-hydrogen) atoms. The topological polar surface area (TPSA) is 40.5 Å². The molecule has 0 amide bonds. The number of fused-ring (bicyclic) bond motifs is 4. The number of allylic oxidation sites excluding steroid dienone is 1. The summed E-state index contributed by atoms with van der Waals surface area (Å²) >= 11 is 0. The van der Waals surface area contributed by atoms with Crippen LogP contribution < -0.4 is 0 Å². The molecule has 0 radical (unpaired) electrons. The Morgan fingerprint density at radius 3 is 2.48 bits per heavy atom. The second-order valence-corrected chi connectivity index (χ2v) is 12.3. The molecule has 0 bridgehead atoms. The van der Waals surface area contributed by atoms with Crippen LogP contribution in [0.25, 0.3) is 0 Å². The van der Waals surface area contributed by atoms with E-state index in [0.717, 1.165) is 49.4 Å². The fraction of sp³-hybridized carbons (Fsp3) is 0.926. The van der Waals surface area contributed by atoms with Crippen molar-refractivity contribution < 1.29 is 10.2 Å². The first-order valence-electron chi connectivity index (χ1n) is 12.8. The van der Waals surface area contributed by atoms with Crippen molar-refractivity contribution in [2.75, 3.05) is 0 Å². The highest BCUT2D eigenvalue weighted by Crippen LogP contribution is 2.65. The van der Waals surface area contributed by atoms with Gasteiger partial charge in [-0.15, -0.1) is 0 Å². The number of hydrogen-bond acceptors (Lipinski definition) is 2. The summed E-state index contributed by atoms with van der Waals surface area (Å²) in [7, 11) is 0. The summed E-state index contributed by atoms with van der Waals surface area (Å²) in [5.41, 5.74) is 3.58. The van der Waals surface area contributed by atoms with E-state index in [1.165, 1.54) is 44.9 Å². The maximum absolute atomic E-state index is 11.2. The van der Waals surface area contributed by atoms with E-state index in [0.29, 0.717) is 11.3 Å². The molecule has 2 N–H and O–H groups in total. The van der Waals surface area contributed by atoms with Gasteiger partial charge in [-0.2, -0.15) is 0 Å². The van der Waals surface area contributed by atoms with Crippen LogP contribution in [-0.2, 0) is 0 Å². The molecule has 2 nitrogen and oxygen atoms in total. The molecule has 0 aromatic heterocycles. The molecule has 0 aromatic carbocycles. The minimum absolute atomic E-state index is 0.167. The number of rotatable bonds is 5. The summed E-state index contributed by atoms with van der Waals surface area (Å²) in [5.74, 6) is 3.90. The summed E-state index contributed by atoms with van der Waals surface area (Å²) in [4.78, 5) is 0. The molecular weight excluding hydrogens is 356 g/mol. The van der Waals surface area contributed by atoms with Gasteiger partial charge < -0.3 is 10.2 Å². The van der Waals surface area contributed by atoms with E-state index in [9.17, 15) is 10.2 Å². The lowest BCUT2D eigenvalue weighted by Crippen LogP contribution is -2.50. The van der Waals surface area contributed by atoms with Gasteiger partial charge in [-0.25, -0.2) is 0 Å². The van der Waals surface area contributed by atoms with E-state index < -0.39 is 0 Å². The first-order valence-corrected chi connectivity index (χ1v) is 12.8. The second kappa shape index (κ2) is 7.97. The first-order chi connectivity index (χ1) is 13.7. The van der Waals surface area contributed by atoms with E-state index in [-0.39, 0.29) is 17.6 Å². The fourth-order valence-electron chi connectivity index (χ4n) is 8.50. The van der Waals surface area contributed by atoms with Gasteiger partial charge in [0, 0.05) is 5.41 Å². The van der Waals surface area contributed by atoms with Crippen molar-refractivity contribution in [3.63, 3.8) is 0 Å². The second-order valence-electron chi connectivity index (χ2n) is 12.3. The highest BCUT2D eigenvalue weighted by Gasteiger charge is 2.57. The normalized spacial score (nSPS) is 45.7. The predicted molar refractivity (Wildman–Crippen MR) is 121 cm³/mol. The van der Waals surface area contributed by atoms with E-state index in [1.54, 1.807) is 11.1 Å². The van der Waals surface area contributed by atoms with Crippen molar-refractivity contribution >= 4 is 0 Å². The van der Waals surface area contributed by atoms with Crippen molar-refractivity contribution in [1.29, 1.82) is 0 Å². The molecule has 3 fully saturated rings. The highest BCUT2D eigenvalue weighted by atomic mass is 16.3. The molecule has 0 aliphatic heterocycles. The highest BCUT2D eigenvalue weighted by molar-refractivity contribution is 5.34. The van der Waals surface area contributed by atoms with Gasteiger partial charge in [0.2, 0.25) is 0 Å². The fourth-order valence-corrected chi connectivity index (χ4v) is 8.50. The maximum atomic E-state index is 11.2. The van der Waals surface area contributed by atoms with Crippen LogP contribution in [0.5, 0.6) is 0 Å².